The first-order valence-corrected chi connectivity index (χ1v) is 10.2. The highest BCUT2D eigenvalue weighted by atomic mass is 19.1. The van der Waals surface area contributed by atoms with Crippen molar-refractivity contribution in [1.82, 2.24) is 9.80 Å². The van der Waals surface area contributed by atoms with E-state index in [-0.39, 0.29) is 29.3 Å². The molecule has 3 saturated heterocycles. The second kappa shape index (κ2) is 8.07. The lowest BCUT2D eigenvalue weighted by molar-refractivity contribution is -0.140. The number of hydrogen-bond acceptors (Lipinski definition) is 3. The number of piperidine rings is 2. The number of likely N-dealkylation sites (tertiary alicyclic amines) is 2. The lowest BCUT2D eigenvalue weighted by Gasteiger charge is -2.47. The van der Waals surface area contributed by atoms with E-state index in [1.807, 2.05) is 9.80 Å². The normalized spacial score (nSPS) is 24.6. The summed E-state index contributed by atoms with van der Waals surface area (Å²) in [7, 11) is 0. The van der Waals surface area contributed by atoms with Crippen LogP contribution in [-0.2, 0) is 9.53 Å². The Kier molecular flexibility index (Phi) is 5.53. The van der Waals surface area contributed by atoms with Crippen LogP contribution in [0.3, 0.4) is 0 Å². The van der Waals surface area contributed by atoms with Crippen LogP contribution in [0.15, 0.2) is 24.3 Å². The number of carbonyl (C=O) groups excluding carboxylic acids is 2. The monoisotopic (exact) mass is 389 g/mol. The zero-order valence-electron chi connectivity index (χ0n) is 16.2. The first-order valence-electron chi connectivity index (χ1n) is 10.2. The Balaban J connectivity index is 1.31. The topological polar surface area (TPSA) is 61.9 Å². The van der Waals surface area contributed by atoms with Gasteiger partial charge in [-0.25, -0.2) is 9.18 Å². The second-order valence-electron chi connectivity index (χ2n) is 8.33. The predicted molar refractivity (Wildman–Crippen MR) is 103 cm³/mol. The summed E-state index contributed by atoms with van der Waals surface area (Å²) in [4.78, 5) is 28.7. The number of carbonyl (C=O) groups is 2. The smallest absolute Gasteiger partial charge is 0.321 e. The molecule has 0 saturated carbocycles. The molecule has 0 bridgehead atoms. The Hall–Kier alpha value is -2.15. The first-order chi connectivity index (χ1) is 13.5. The number of nitrogens with zero attached hydrogens (tertiary/aromatic N) is 2. The van der Waals surface area contributed by atoms with E-state index in [4.69, 9.17) is 4.74 Å². The average Bonchev–Trinajstić information content (AvgIpc) is 3.20. The fourth-order valence-corrected chi connectivity index (χ4v) is 4.63. The van der Waals surface area contributed by atoms with Crippen molar-refractivity contribution in [2.75, 3.05) is 38.1 Å². The van der Waals surface area contributed by atoms with Crippen LogP contribution in [0.1, 0.15) is 38.5 Å². The Morgan fingerprint density at radius 3 is 2.64 bits per heavy atom. The molecule has 0 radical (unpaired) electrons. The van der Waals surface area contributed by atoms with E-state index in [1.165, 1.54) is 12.1 Å². The van der Waals surface area contributed by atoms with E-state index in [9.17, 15) is 14.0 Å². The van der Waals surface area contributed by atoms with E-state index in [0.717, 1.165) is 45.3 Å². The van der Waals surface area contributed by atoms with E-state index < -0.39 is 0 Å². The van der Waals surface area contributed by atoms with Gasteiger partial charge in [0, 0.05) is 44.9 Å². The molecule has 152 valence electrons. The first kappa shape index (κ1) is 19.2. The van der Waals surface area contributed by atoms with Crippen molar-refractivity contribution in [2.45, 2.75) is 44.6 Å². The summed E-state index contributed by atoms with van der Waals surface area (Å²) >= 11 is 0. The molecule has 0 aromatic heterocycles. The standard InChI is InChI=1S/C21H28FN3O3/c22-16-3-5-17(6-4-16)23-20(27)24-11-9-21(10-12-24)8-7-19(26)25(15-21)14-18-2-1-13-28-18/h3-6,18H,1-2,7-15H2,(H,23,27)/t18-/m1/s1. The van der Waals surface area contributed by atoms with Crippen LogP contribution in [0.4, 0.5) is 14.9 Å². The van der Waals surface area contributed by atoms with Crippen molar-refractivity contribution in [3.05, 3.63) is 30.1 Å². The van der Waals surface area contributed by atoms with Crippen molar-refractivity contribution in [3.63, 3.8) is 0 Å². The van der Waals surface area contributed by atoms with Gasteiger partial charge in [0.05, 0.1) is 6.10 Å². The van der Waals surface area contributed by atoms with Crippen LogP contribution in [0, 0.1) is 11.2 Å². The van der Waals surface area contributed by atoms with Gasteiger partial charge in [0.15, 0.2) is 0 Å². The number of amides is 3. The lowest BCUT2D eigenvalue weighted by atomic mass is 9.72. The average molecular weight is 389 g/mol. The molecule has 0 aliphatic carbocycles. The van der Waals surface area contributed by atoms with Crippen molar-refractivity contribution in [3.8, 4) is 0 Å². The molecule has 7 heteroatoms. The number of halogens is 1. The number of anilines is 1. The zero-order valence-corrected chi connectivity index (χ0v) is 16.2. The third-order valence-electron chi connectivity index (χ3n) is 6.40. The lowest BCUT2D eigenvalue weighted by Crippen LogP contribution is -2.54. The SMILES string of the molecule is O=C1CCC2(CCN(C(=O)Nc3ccc(F)cc3)CC2)CN1C[C@H]1CCCO1. The molecule has 6 nitrogen and oxygen atoms in total. The maximum Gasteiger partial charge on any atom is 0.321 e. The maximum absolute atomic E-state index is 13.0. The fourth-order valence-electron chi connectivity index (χ4n) is 4.63. The molecule has 3 aliphatic rings. The molecule has 4 rings (SSSR count). The van der Waals surface area contributed by atoms with Crippen LogP contribution >= 0.6 is 0 Å². The van der Waals surface area contributed by atoms with Crippen molar-refractivity contribution in [2.24, 2.45) is 5.41 Å². The minimum absolute atomic E-state index is 0.110. The molecular formula is C21H28FN3O3. The van der Waals surface area contributed by atoms with Gasteiger partial charge >= 0.3 is 6.03 Å². The molecule has 1 spiro atoms. The van der Waals surface area contributed by atoms with Gasteiger partial charge in [-0.1, -0.05) is 0 Å². The van der Waals surface area contributed by atoms with Crippen molar-refractivity contribution < 1.29 is 18.7 Å². The summed E-state index contributed by atoms with van der Waals surface area (Å²) in [5.74, 6) is -0.0880. The van der Waals surface area contributed by atoms with Gasteiger partial charge in [-0.2, -0.15) is 0 Å². The van der Waals surface area contributed by atoms with Gasteiger partial charge in [-0.15, -0.1) is 0 Å². The molecule has 3 amide bonds. The second-order valence-corrected chi connectivity index (χ2v) is 8.33. The van der Waals surface area contributed by atoms with E-state index in [1.54, 1.807) is 12.1 Å². The summed E-state index contributed by atoms with van der Waals surface area (Å²) in [6, 6.07) is 5.65. The third kappa shape index (κ3) is 4.29. The molecule has 1 atom stereocenters. The van der Waals surface area contributed by atoms with Crippen LogP contribution in [0.2, 0.25) is 0 Å². The summed E-state index contributed by atoms with van der Waals surface area (Å²) in [6.07, 6.45) is 5.60. The quantitative estimate of drug-likeness (QED) is 0.863. The molecule has 0 unspecified atom stereocenters. The highest BCUT2D eigenvalue weighted by Crippen LogP contribution is 2.40. The van der Waals surface area contributed by atoms with Gasteiger partial charge in [0.1, 0.15) is 5.82 Å². The van der Waals surface area contributed by atoms with Crippen LogP contribution in [0.25, 0.3) is 0 Å². The number of ether oxygens (including phenoxy) is 1. The Morgan fingerprint density at radius 2 is 1.96 bits per heavy atom. The Bertz CT molecular complexity index is 710. The number of hydrogen-bond donors (Lipinski definition) is 1. The van der Waals surface area contributed by atoms with E-state index in [2.05, 4.69) is 5.32 Å². The predicted octanol–water partition coefficient (Wildman–Crippen LogP) is 3.24. The molecule has 1 N–H and O–H groups in total. The van der Waals surface area contributed by atoms with E-state index >= 15 is 0 Å². The van der Waals surface area contributed by atoms with E-state index in [0.29, 0.717) is 31.7 Å². The third-order valence-corrected chi connectivity index (χ3v) is 6.40. The number of urea groups is 1. The molecule has 1 aromatic rings. The van der Waals surface area contributed by atoms with Crippen molar-refractivity contribution >= 4 is 17.6 Å². The van der Waals surface area contributed by atoms with Crippen molar-refractivity contribution in [1.29, 1.82) is 0 Å². The minimum atomic E-state index is -0.322. The molecule has 3 aliphatic heterocycles. The summed E-state index contributed by atoms with van der Waals surface area (Å²) in [6.45, 7) is 3.63. The molecule has 3 fully saturated rings. The minimum Gasteiger partial charge on any atom is -0.376 e. The van der Waals surface area contributed by atoms with Crippen LogP contribution < -0.4 is 5.32 Å². The van der Waals surface area contributed by atoms with Gasteiger partial charge in [-0.3, -0.25) is 4.79 Å². The summed E-state index contributed by atoms with van der Waals surface area (Å²) in [5.41, 5.74) is 0.705. The van der Waals surface area contributed by atoms with Gasteiger partial charge in [0.2, 0.25) is 5.91 Å². The Labute approximate surface area is 165 Å². The number of benzene rings is 1. The van der Waals surface area contributed by atoms with Gasteiger partial charge in [0.25, 0.3) is 0 Å². The summed E-state index contributed by atoms with van der Waals surface area (Å²) in [5, 5.41) is 2.83. The Morgan fingerprint density at radius 1 is 1.21 bits per heavy atom. The van der Waals surface area contributed by atoms with Crippen LogP contribution in [0.5, 0.6) is 0 Å². The number of rotatable bonds is 3. The largest absolute Gasteiger partial charge is 0.376 e. The molecule has 3 heterocycles. The highest BCUT2D eigenvalue weighted by Gasteiger charge is 2.42. The maximum atomic E-state index is 13.0. The van der Waals surface area contributed by atoms with Gasteiger partial charge in [-0.05, 0) is 61.8 Å². The fraction of sp³-hybridized carbons (Fsp3) is 0.619. The zero-order chi connectivity index (χ0) is 19.6. The number of nitrogens with one attached hydrogen (secondary N) is 1. The highest BCUT2D eigenvalue weighted by molar-refractivity contribution is 5.89. The summed E-state index contributed by atoms with van der Waals surface area (Å²) < 4.78 is 18.7. The molecule has 1 aromatic carbocycles. The molecular weight excluding hydrogens is 361 g/mol. The molecule has 28 heavy (non-hydrogen) atoms. The van der Waals surface area contributed by atoms with Crippen LogP contribution in [-0.4, -0.2) is 60.6 Å². The van der Waals surface area contributed by atoms with Gasteiger partial charge < -0.3 is 19.9 Å².